The second-order valence-corrected chi connectivity index (χ2v) is 5.37. The molecule has 7 heteroatoms. The van der Waals surface area contributed by atoms with Crippen LogP contribution in [0.25, 0.3) is 0 Å². The number of nitrogens with zero attached hydrogens (tertiary/aromatic N) is 1. The average molecular weight is 321 g/mol. The monoisotopic (exact) mass is 320 g/mol. The minimum Gasteiger partial charge on any atom is -0.481 e. The first-order valence-electron chi connectivity index (χ1n) is 4.92. The van der Waals surface area contributed by atoms with Crippen LogP contribution >= 0.6 is 27.3 Å². The predicted molar refractivity (Wildman–Crippen MR) is 69.1 cm³/mol. The highest BCUT2D eigenvalue weighted by Gasteiger charge is 2.10. The Balaban J connectivity index is 2.34. The standard InChI is InChI=1S/C10H13BrN2O3S/c1-13(5-8-4-7(11)6-17-8)10(16)12-3-2-9(14)15/h4,6H,2-3,5H2,1H3,(H,12,16)(H,14,15). The number of carboxylic acids is 1. The Morgan fingerprint density at radius 2 is 2.29 bits per heavy atom. The van der Waals surface area contributed by atoms with E-state index < -0.39 is 5.97 Å². The van der Waals surface area contributed by atoms with E-state index in [9.17, 15) is 9.59 Å². The fourth-order valence-electron chi connectivity index (χ4n) is 1.15. The SMILES string of the molecule is CN(Cc1cc(Br)cs1)C(=O)NCCC(=O)O. The Hall–Kier alpha value is -1.08. The fraction of sp³-hybridized carbons (Fsp3) is 0.400. The van der Waals surface area contributed by atoms with Crippen molar-refractivity contribution >= 4 is 39.3 Å². The maximum absolute atomic E-state index is 11.6. The quantitative estimate of drug-likeness (QED) is 0.873. The van der Waals surface area contributed by atoms with Gasteiger partial charge in [-0.2, -0.15) is 0 Å². The number of rotatable bonds is 5. The number of amides is 2. The zero-order valence-corrected chi connectivity index (χ0v) is 11.7. The minimum atomic E-state index is -0.921. The van der Waals surface area contributed by atoms with E-state index in [1.807, 2.05) is 11.4 Å². The molecule has 5 nitrogen and oxygen atoms in total. The number of aliphatic carboxylic acids is 1. The van der Waals surface area contributed by atoms with Crippen molar-refractivity contribution in [3.05, 3.63) is 20.8 Å². The van der Waals surface area contributed by atoms with Gasteiger partial charge in [-0.3, -0.25) is 4.79 Å². The summed E-state index contributed by atoms with van der Waals surface area (Å²) in [5.74, 6) is -0.921. The van der Waals surface area contributed by atoms with Crippen molar-refractivity contribution in [1.29, 1.82) is 0 Å². The van der Waals surface area contributed by atoms with Crippen molar-refractivity contribution < 1.29 is 14.7 Å². The van der Waals surface area contributed by atoms with Crippen molar-refractivity contribution in [3.63, 3.8) is 0 Å². The van der Waals surface area contributed by atoms with Crippen LogP contribution in [0.3, 0.4) is 0 Å². The molecule has 94 valence electrons. The van der Waals surface area contributed by atoms with Crippen molar-refractivity contribution in [2.24, 2.45) is 0 Å². The first-order chi connectivity index (χ1) is 7.99. The number of thiophene rings is 1. The number of nitrogens with one attached hydrogen (secondary N) is 1. The molecule has 0 unspecified atom stereocenters. The normalized spacial score (nSPS) is 10.0. The summed E-state index contributed by atoms with van der Waals surface area (Å²) in [5, 5.41) is 12.9. The lowest BCUT2D eigenvalue weighted by atomic mass is 10.4. The third-order valence-corrected chi connectivity index (χ3v) is 3.66. The van der Waals surface area contributed by atoms with Gasteiger partial charge in [-0.25, -0.2) is 4.79 Å². The third-order valence-electron chi connectivity index (χ3n) is 1.98. The second kappa shape index (κ2) is 6.61. The highest BCUT2D eigenvalue weighted by molar-refractivity contribution is 9.10. The molecule has 17 heavy (non-hydrogen) atoms. The Morgan fingerprint density at radius 3 is 2.82 bits per heavy atom. The molecule has 0 aromatic carbocycles. The fourth-order valence-corrected chi connectivity index (χ4v) is 2.66. The first-order valence-corrected chi connectivity index (χ1v) is 6.60. The molecular formula is C10H13BrN2O3S. The number of carbonyl (C=O) groups excluding carboxylic acids is 1. The molecule has 2 amide bonds. The van der Waals surface area contributed by atoms with Gasteiger partial charge >= 0.3 is 12.0 Å². The molecule has 0 aliphatic carbocycles. The van der Waals surface area contributed by atoms with E-state index in [0.29, 0.717) is 6.54 Å². The summed E-state index contributed by atoms with van der Waals surface area (Å²) in [7, 11) is 1.67. The van der Waals surface area contributed by atoms with E-state index in [0.717, 1.165) is 9.35 Å². The van der Waals surface area contributed by atoms with Gasteiger partial charge in [-0.15, -0.1) is 11.3 Å². The lowest BCUT2D eigenvalue weighted by Gasteiger charge is -2.16. The van der Waals surface area contributed by atoms with Crippen molar-refractivity contribution in [2.75, 3.05) is 13.6 Å². The van der Waals surface area contributed by atoms with Gasteiger partial charge in [0.05, 0.1) is 13.0 Å². The summed E-state index contributed by atoms with van der Waals surface area (Å²) >= 11 is 4.90. The number of halogens is 1. The van der Waals surface area contributed by atoms with Gasteiger partial charge < -0.3 is 15.3 Å². The first kappa shape index (κ1) is 14.0. The van der Waals surface area contributed by atoms with Crippen LogP contribution in [0.5, 0.6) is 0 Å². The molecule has 1 aromatic rings. The molecule has 0 atom stereocenters. The molecule has 0 aliphatic heterocycles. The van der Waals surface area contributed by atoms with Crippen molar-refractivity contribution in [1.82, 2.24) is 10.2 Å². The van der Waals surface area contributed by atoms with Crippen LogP contribution in [0, 0.1) is 0 Å². The summed E-state index contributed by atoms with van der Waals surface area (Å²) in [6.45, 7) is 0.655. The van der Waals surface area contributed by atoms with E-state index in [1.165, 1.54) is 4.90 Å². The Kier molecular flexibility index (Phi) is 5.43. The number of carboxylic acid groups (broad SMARTS) is 1. The molecule has 0 saturated carbocycles. The van der Waals surface area contributed by atoms with Crippen LogP contribution in [0.4, 0.5) is 4.79 Å². The number of hydrogen-bond acceptors (Lipinski definition) is 3. The molecule has 1 rings (SSSR count). The van der Waals surface area contributed by atoms with Crippen molar-refractivity contribution in [3.8, 4) is 0 Å². The lowest BCUT2D eigenvalue weighted by molar-refractivity contribution is -0.136. The molecule has 0 fully saturated rings. The zero-order chi connectivity index (χ0) is 12.8. The lowest BCUT2D eigenvalue weighted by Crippen LogP contribution is -2.37. The number of urea groups is 1. The number of hydrogen-bond donors (Lipinski definition) is 2. The van der Waals surface area contributed by atoms with Crippen LogP contribution in [0.2, 0.25) is 0 Å². The van der Waals surface area contributed by atoms with Crippen LogP contribution in [0.15, 0.2) is 15.9 Å². The topological polar surface area (TPSA) is 69.6 Å². The molecule has 1 aromatic heterocycles. The van der Waals surface area contributed by atoms with Gasteiger partial charge in [0.15, 0.2) is 0 Å². The summed E-state index contributed by atoms with van der Waals surface area (Å²) in [5.41, 5.74) is 0. The van der Waals surface area contributed by atoms with Crippen LogP contribution in [-0.4, -0.2) is 35.6 Å². The van der Waals surface area contributed by atoms with Gasteiger partial charge in [0.25, 0.3) is 0 Å². The van der Waals surface area contributed by atoms with Crippen LogP contribution < -0.4 is 5.32 Å². The summed E-state index contributed by atoms with van der Waals surface area (Å²) < 4.78 is 0.997. The molecule has 0 radical (unpaired) electrons. The van der Waals surface area contributed by atoms with Crippen LogP contribution in [-0.2, 0) is 11.3 Å². The Bertz CT molecular complexity index is 408. The van der Waals surface area contributed by atoms with E-state index >= 15 is 0 Å². The predicted octanol–water partition coefficient (Wildman–Crippen LogP) is 2.13. The molecule has 2 N–H and O–H groups in total. The van der Waals surface area contributed by atoms with Gasteiger partial charge in [-0.05, 0) is 22.0 Å². The Labute approximate surface area is 112 Å². The van der Waals surface area contributed by atoms with E-state index in [2.05, 4.69) is 21.2 Å². The van der Waals surface area contributed by atoms with Gasteiger partial charge in [0.2, 0.25) is 0 Å². The maximum atomic E-state index is 11.6. The number of carbonyl (C=O) groups is 2. The van der Waals surface area contributed by atoms with Gasteiger partial charge in [-0.1, -0.05) is 0 Å². The van der Waals surface area contributed by atoms with E-state index in [1.54, 1.807) is 18.4 Å². The molecule has 1 heterocycles. The highest BCUT2D eigenvalue weighted by atomic mass is 79.9. The second-order valence-electron chi connectivity index (χ2n) is 3.46. The summed E-state index contributed by atoms with van der Waals surface area (Å²) in [4.78, 5) is 24.4. The summed E-state index contributed by atoms with van der Waals surface area (Å²) in [6, 6.07) is 1.68. The van der Waals surface area contributed by atoms with Gasteiger partial charge in [0, 0.05) is 28.3 Å². The molecule has 0 saturated heterocycles. The van der Waals surface area contributed by atoms with Gasteiger partial charge in [0.1, 0.15) is 0 Å². The average Bonchev–Trinajstić information content (AvgIpc) is 2.63. The largest absolute Gasteiger partial charge is 0.481 e. The van der Waals surface area contributed by atoms with Crippen molar-refractivity contribution in [2.45, 2.75) is 13.0 Å². The zero-order valence-electron chi connectivity index (χ0n) is 9.27. The molecule has 0 spiro atoms. The van der Waals surface area contributed by atoms with Crippen LogP contribution in [0.1, 0.15) is 11.3 Å². The maximum Gasteiger partial charge on any atom is 0.317 e. The smallest absolute Gasteiger partial charge is 0.317 e. The van der Waals surface area contributed by atoms with E-state index in [-0.39, 0.29) is 19.0 Å². The highest BCUT2D eigenvalue weighted by Crippen LogP contribution is 2.20. The molecule has 0 bridgehead atoms. The molecular weight excluding hydrogens is 308 g/mol. The minimum absolute atomic E-state index is 0.0653. The summed E-state index contributed by atoms with van der Waals surface area (Å²) in [6.07, 6.45) is -0.0653. The third kappa shape index (κ3) is 5.18. The molecule has 0 aliphatic rings. The van der Waals surface area contributed by atoms with E-state index in [4.69, 9.17) is 5.11 Å². The Morgan fingerprint density at radius 1 is 1.59 bits per heavy atom.